The predicted molar refractivity (Wildman–Crippen MR) is 72.0 cm³/mol. The van der Waals surface area contributed by atoms with Crippen LogP contribution in [0, 0.1) is 11.8 Å². The van der Waals surface area contributed by atoms with Gasteiger partial charge in [0.25, 0.3) is 0 Å². The van der Waals surface area contributed by atoms with Crippen LogP contribution in [-0.2, 0) is 15.0 Å². The van der Waals surface area contributed by atoms with Crippen LogP contribution in [0.15, 0.2) is 24.5 Å². The first kappa shape index (κ1) is 13.1. The lowest BCUT2D eigenvalue weighted by atomic mass is 9.64. The van der Waals surface area contributed by atoms with E-state index in [1.54, 1.807) is 12.4 Å². The zero-order valence-corrected chi connectivity index (χ0v) is 11.2. The smallest absolute Gasteiger partial charge is 0.307 e. The summed E-state index contributed by atoms with van der Waals surface area (Å²) in [7, 11) is 0. The molecule has 0 saturated heterocycles. The van der Waals surface area contributed by atoms with Crippen LogP contribution in [0.4, 0.5) is 0 Å². The number of carboxylic acid groups (broad SMARTS) is 1. The van der Waals surface area contributed by atoms with Crippen LogP contribution in [0.5, 0.6) is 0 Å². The summed E-state index contributed by atoms with van der Waals surface area (Å²) in [6.45, 7) is 0.596. The molecule has 3 rings (SSSR count). The van der Waals surface area contributed by atoms with E-state index in [1.165, 1.54) is 12.0 Å². The molecule has 0 unspecified atom stereocenters. The number of nitrogens with zero attached hydrogens (tertiary/aromatic N) is 1. The van der Waals surface area contributed by atoms with Crippen molar-refractivity contribution in [3.63, 3.8) is 0 Å². The van der Waals surface area contributed by atoms with Crippen molar-refractivity contribution >= 4 is 11.9 Å². The Morgan fingerprint density at radius 3 is 2.50 bits per heavy atom. The number of pyridine rings is 1. The zero-order chi connectivity index (χ0) is 14.2. The minimum Gasteiger partial charge on any atom is -0.481 e. The molecule has 5 heteroatoms. The van der Waals surface area contributed by atoms with Gasteiger partial charge >= 0.3 is 5.97 Å². The van der Waals surface area contributed by atoms with Crippen LogP contribution in [0.3, 0.4) is 0 Å². The summed E-state index contributed by atoms with van der Waals surface area (Å²) in [4.78, 5) is 26.8. The molecular weight excluding hydrogens is 256 g/mol. The molecule has 2 N–H and O–H groups in total. The Labute approximate surface area is 117 Å². The van der Waals surface area contributed by atoms with Crippen LogP contribution in [0.2, 0.25) is 0 Å². The molecule has 0 bridgehead atoms. The number of hydrogen-bond acceptors (Lipinski definition) is 3. The number of aliphatic carboxylic acids is 1. The fraction of sp³-hybridized carbons (Fsp3) is 0.533. The molecule has 0 aliphatic heterocycles. The summed E-state index contributed by atoms with van der Waals surface area (Å²) in [6.07, 6.45) is 7.31. The minimum absolute atomic E-state index is 0.0200. The van der Waals surface area contributed by atoms with E-state index in [0.29, 0.717) is 13.0 Å². The summed E-state index contributed by atoms with van der Waals surface area (Å²) < 4.78 is 0. The van der Waals surface area contributed by atoms with E-state index in [4.69, 9.17) is 5.11 Å². The molecule has 2 aliphatic carbocycles. The normalized spacial score (nSPS) is 26.4. The van der Waals surface area contributed by atoms with Gasteiger partial charge in [0.15, 0.2) is 0 Å². The summed E-state index contributed by atoms with van der Waals surface area (Å²) in [5, 5.41) is 11.8. The van der Waals surface area contributed by atoms with Gasteiger partial charge in [-0.2, -0.15) is 0 Å². The zero-order valence-electron chi connectivity index (χ0n) is 11.2. The average molecular weight is 274 g/mol. The second kappa shape index (κ2) is 4.89. The number of carbonyl (C=O) groups excluding carboxylic acids is 1. The van der Waals surface area contributed by atoms with E-state index in [1.807, 2.05) is 12.1 Å². The van der Waals surface area contributed by atoms with Gasteiger partial charge in [0.1, 0.15) is 0 Å². The number of rotatable bonds is 5. The standard InChI is InChI=1S/C15H18N2O3/c18-13(11-8-12(11)14(19)20)17-9-15(4-1-5-15)10-2-6-16-7-3-10/h2-3,6-7,11-12H,1,4-5,8-9H2,(H,17,18)(H,19,20)/t11-,12-/m1/s1. The number of aromatic nitrogens is 1. The van der Waals surface area contributed by atoms with Crippen LogP contribution < -0.4 is 5.32 Å². The van der Waals surface area contributed by atoms with Crippen LogP contribution in [-0.4, -0.2) is 28.5 Å². The number of nitrogens with one attached hydrogen (secondary N) is 1. The van der Waals surface area contributed by atoms with Gasteiger partial charge in [-0.1, -0.05) is 6.42 Å². The lowest BCUT2D eigenvalue weighted by Crippen LogP contribution is -2.46. The number of carboxylic acids is 1. The molecule has 2 fully saturated rings. The maximum Gasteiger partial charge on any atom is 0.307 e. The average Bonchev–Trinajstić information content (AvgIpc) is 3.19. The first-order chi connectivity index (χ1) is 9.62. The van der Waals surface area contributed by atoms with Crippen molar-refractivity contribution in [2.45, 2.75) is 31.1 Å². The van der Waals surface area contributed by atoms with Crippen molar-refractivity contribution in [1.29, 1.82) is 0 Å². The molecule has 1 aromatic rings. The van der Waals surface area contributed by atoms with E-state index in [-0.39, 0.29) is 17.2 Å². The summed E-state index contributed by atoms with van der Waals surface area (Å²) in [5.41, 5.74) is 1.23. The summed E-state index contributed by atoms with van der Waals surface area (Å²) in [6, 6.07) is 4.00. The molecule has 1 heterocycles. The van der Waals surface area contributed by atoms with Gasteiger partial charge in [0.2, 0.25) is 5.91 Å². The van der Waals surface area contributed by atoms with Gasteiger partial charge < -0.3 is 10.4 Å². The number of hydrogen-bond donors (Lipinski definition) is 2. The van der Waals surface area contributed by atoms with E-state index < -0.39 is 11.9 Å². The Hall–Kier alpha value is -1.91. The third-order valence-corrected chi connectivity index (χ3v) is 4.65. The molecule has 1 amide bonds. The van der Waals surface area contributed by atoms with Gasteiger partial charge in [0, 0.05) is 24.4 Å². The van der Waals surface area contributed by atoms with Crippen molar-refractivity contribution in [2.24, 2.45) is 11.8 Å². The second-order valence-electron chi connectivity index (χ2n) is 5.87. The van der Waals surface area contributed by atoms with Gasteiger partial charge in [-0.3, -0.25) is 14.6 Å². The fourth-order valence-electron chi connectivity index (χ4n) is 3.02. The molecule has 2 aliphatic rings. The molecule has 5 nitrogen and oxygen atoms in total. The quantitative estimate of drug-likeness (QED) is 0.849. The molecule has 2 saturated carbocycles. The van der Waals surface area contributed by atoms with Gasteiger partial charge in [-0.15, -0.1) is 0 Å². The van der Waals surface area contributed by atoms with Crippen molar-refractivity contribution in [1.82, 2.24) is 10.3 Å². The molecule has 2 atom stereocenters. The third-order valence-electron chi connectivity index (χ3n) is 4.65. The van der Waals surface area contributed by atoms with Gasteiger partial charge in [-0.25, -0.2) is 0 Å². The molecule has 0 spiro atoms. The van der Waals surface area contributed by atoms with Crippen molar-refractivity contribution in [3.05, 3.63) is 30.1 Å². The first-order valence-electron chi connectivity index (χ1n) is 7.03. The van der Waals surface area contributed by atoms with Crippen LogP contribution in [0.25, 0.3) is 0 Å². The van der Waals surface area contributed by atoms with E-state index >= 15 is 0 Å². The molecule has 106 valence electrons. The summed E-state index contributed by atoms with van der Waals surface area (Å²) >= 11 is 0. The monoisotopic (exact) mass is 274 g/mol. The van der Waals surface area contributed by atoms with Gasteiger partial charge in [0.05, 0.1) is 11.8 Å². The minimum atomic E-state index is -0.863. The molecule has 0 radical (unpaired) electrons. The van der Waals surface area contributed by atoms with E-state index in [2.05, 4.69) is 10.3 Å². The Morgan fingerprint density at radius 2 is 2.00 bits per heavy atom. The highest BCUT2D eigenvalue weighted by Gasteiger charge is 2.49. The molecular formula is C15H18N2O3. The maximum atomic E-state index is 12.0. The Kier molecular flexibility index (Phi) is 3.20. The highest BCUT2D eigenvalue weighted by Crippen LogP contribution is 2.44. The largest absolute Gasteiger partial charge is 0.481 e. The van der Waals surface area contributed by atoms with Gasteiger partial charge in [-0.05, 0) is 37.0 Å². The topological polar surface area (TPSA) is 79.3 Å². The van der Waals surface area contributed by atoms with Crippen LogP contribution >= 0.6 is 0 Å². The lowest BCUT2D eigenvalue weighted by Gasteiger charge is -2.42. The predicted octanol–water partition coefficient (Wildman–Crippen LogP) is 1.34. The Bertz CT molecular complexity index is 525. The second-order valence-corrected chi connectivity index (χ2v) is 5.87. The number of carbonyl (C=O) groups is 2. The Morgan fingerprint density at radius 1 is 1.30 bits per heavy atom. The molecule has 1 aromatic heterocycles. The highest BCUT2D eigenvalue weighted by atomic mass is 16.4. The van der Waals surface area contributed by atoms with Crippen molar-refractivity contribution < 1.29 is 14.7 Å². The van der Waals surface area contributed by atoms with E-state index in [0.717, 1.165) is 12.8 Å². The molecule has 0 aromatic carbocycles. The van der Waals surface area contributed by atoms with Crippen molar-refractivity contribution in [3.8, 4) is 0 Å². The highest BCUT2D eigenvalue weighted by molar-refractivity contribution is 5.89. The summed E-state index contributed by atoms with van der Waals surface area (Å²) in [5.74, 6) is -1.79. The Balaban J connectivity index is 1.60. The fourth-order valence-corrected chi connectivity index (χ4v) is 3.02. The van der Waals surface area contributed by atoms with Crippen LogP contribution in [0.1, 0.15) is 31.2 Å². The maximum absolute atomic E-state index is 12.0. The lowest BCUT2D eigenvalue weighted by molar-refractivity contribution is -0.140. The SMILES string of the molecule is O=C(O)[C@@H]1C[C@H]1C(=O)NCC1(c2ccncc2)CCC1. The van der Waals surface area contributed by atoms with Crippen molar-refractivity contribution in [2.75, 3.05) is 6.54 Å². The first-order valence-corrected chi connectivity index (χ1v) is 7.03. The molecule has 20 heavy (non-hydrogen) atoms. The third kappa shape index (κ3) is 2.28. The van der Waals surface area contributed by atoms with E-state index in [9.17, 15) is 9.59 Å². The number of amides is 1.